The number of piperidine rings is 1. The van der Waals surface area contributed by atoms with Gasteiger partial charge in [-0.25, -0.2) is 9.97 Å². The molecule has 3 N–H and O–H groups in total. The molecule has 0 spiro atoms. The fourth-order valence-electron chi connectivity index (χ4n) is 4.82. The maximum Gasteiger partial charge on any atom is 0.232 e. The molecule has 5 heterocycles. The molecule has 0 atom stereocenters. The van der Waals surface area contributed by atoms with E-state index in [1.807, 2.05) is 35.4 Å². The van der Waals surface area contributed by atoms with Crippen molar-refractivity contribution in [3.8, 4) is 11.4 Å². The predicted molar refractivity (Wildman–Crippen MR) is 138 cm³/mol. The molecule has 8 nitrogen and oxygen atoms in total. The van der Waals surface area contributed by atoms with Gasteiger partial charge in [-0.2, -0.15) is 0 Å². The number of imidazole rings is 1. The molecule has 176 valence electrons. The number of pyridine rings is 1. The lowest BCUT2D eigenvalue weighted by Crippen LogP contribution is -2.39. The smallest absolute Gasteiger partial charge is 0.232 e. The number of hydrogen-bond acceptors (Lipinski definition) is 6. The Morgan fingerprint density at radius 2 is 1.91 bits per heavy atom. The number of carbonyl (C=O) groups excluding carboxylic acids is 1. The number of likely N-dealkylation sites (tertiary alicyclic amines) is 1. The molecule has 4 aromatic heterocycles. The van der Waals surface area contributed by atoms with Crippen LogP contribution < -0.4 is 5.73 Å². The van der Waals surface area contributed by atoms with Gasteiger partial charge in [0, 0.05) is 59.6 Å². The van der Waals surface area contributed by atoms with Crippen molar-refractivity contribution < 1.29 is 4.79 Å². The number of aromatic nitrogens is 5. The number of nitrogens with one attached hydrogen (secondary N) is 1. The second-order valence-corrected chi connectivity index (χ2v) is 9.80. The summed E-state index contributed by atoms with van der Waals surface area (Å²) in [5, 5.41) is 1.13. The first-order valence-electron chi connectivity index (χ1n) is 11.7. The molecule has 1 aliphatic rings. The number of amides is 1. The predicted octanol–water partition coefficient (Wildman–Crippen LogP) is 4.35. The topological polar surface area (TPSA) is 105 Å². The highest BCUT2D eigenvalue weighted by atomic mass is 32.2. The highest BCUT2D eigenvalue weighted by molar-refractivity contribution is 8.00. The summed E-state index contributed by atoms with van der Waals surface area (Å²) in [5.74, 6) is 2.28. The van der Waals surface area contributed by atoms with Crippen LogP contribution in [-0.4, -0.2) is 54.0 Å². The molecule has 0 radical (unpaired) electrons. The molecule has 5 aromatic rings. The van der Waals surface area contributed by atoms with Crippen molar-refractivity contribution in [3.63, 3.8) is 0 Å². The van der Waals surface area contributed by atoms with Crippen molar-refractivity contribution in [1.29, 1.82) is 0 Å². The Balaban J connectivity index is 1.23. The van der Waals surface area contributed by atoms with Gasteiger partial charge in [-0.3, -0.25) is 14.2 Å². The summed E-state index contributed by atoms with van der Waals surface area (Å²) >= 11 is 1.55. The molecule has 9 heteroatoms. The molecule has 0 unspecified atom stereocenters. The number of fused-ring (bicyclic) bond motifs is 2. The van der Waals surface area contributed by atoms with Gasteiger partial charge in [0.25, 0.3) is 0 Å². The van der Waals surface area contributed by atoms with E-state index in [9.17, 15) is 4.79 Å². The highest BCUT2D eigenvalue weighted by Gasteiger charge is 2.28. The van der Waals surface area contributed by atoms with E-state index in [1.54, 1.807) is 30.4 Å². The summed E-state index contributed by atoms with van der Waals surface area (Å²) in [7, 11) is 0. The van der Waals surface area contributed by atoms with Gasteiger partial charge in [0.2, 0.25) is 5.91 Å². The minimum Gasteiger partial charge on any atom is -0.382 e. The Morgan fingerprint density at radius 1 is 1.11 bits per heavy atom. The van der Waals surface area contributed by atoms with Gasteiger partial charge in [-0.05, 0) is 37.1 Å². The number of rotatable bonds is 5. The fraction of sp³-hybridized carbons (Fsp3) is 0.231. The van der Waals surface area contributed by atoms with Gasteiger partial charge in [-0.15, -0.1) is 11.8 Å². The maximum atomic E-state index is 12.8. The average molecular weight is 484 g/mol. The molecule has 1 fully saturated rings. The van der Waals surface area contributed by atoms with Crippen LogP contribution in [0.1, 0.15) is 24.6 Å². The van der Waals surface area contributed by atoms with Crippen LogP contribution in [0.5, 0.6) is 0 Å². The van der Waals surface area contributed by atoms with Crippen molar-refractivity contribution >= 4 is 39.9 Å². The number of H-pyrrole nitrogens is 1. The SMILES string of the molecule is Nc1nccn2c(C3CCN(C(=O)CSc4ccncc4)CC3)nc(-c3cc4ccccc4[nH]3)c12. The van der Waals surface area contributed by atoms with Gasteiger partial charge in [0.15, 0.2) is 0 Å². The quantitative estimate of drug-likeness (QED) is 0.360. The minimum absolute atomic E-state index is 0.172. The van der Waals surface area contributed by atoms with E-state index in [2.05, 4.69) is 37.6 Å². The average Bonchev–Trinajstić information content (AvgIpc) is 3.50. The standard InChI is InChI=1S/C26H25N7OS/c27-25-24-23(21-15-18-3-1-2-4-20(18)30-21)31-26(33(24)14-11-29-25)17-7-12-32(13-8-17)22(34)16-35-19-5-9-28-10-6-19/h1-6,9-11,14-15,17,30H,7-8,12-13,16H2,(H2,27,29). The van der Waals surface area contributed by atoms with Crippen molar-refractivity contribution in [2.24, 2.45) is 0 Å². The van der Waals surface area contributed by atoms with Crippen molar-refractivity contribution in [2.75, 3.05) is 24.6 Å². The number of nitrogen functional groups attached to an aromatic ring is 1. The fourth-order valence-corrected chi connectivity index (χ4v) is 5.61. The van der Waals surface area contributed by atoms with E-state index in [0.717, 1.165) is 64.5 Å². The third-order valence-corrected chi connectivity index (χ3v) is 7.62. The Kier molecular flexibility index (Phi) is 5.61. The van der Waals surface area contributed by atoms with Crippen LogP contribution in [0.15, 0.2) is 72.1 Å². The van der Waals surface area contributed by atoms with E-state index in [1.165, 1.54) is 0 Å². The Hall–Kier alpha value is -3.85. The van der Waals surface area contributed by atoms with E-state index in [-0.39, 0.29) is 11.8 Å². The number of para-hydroxylation sites is 1. The first-order chi connectivity index (χ1) is 17.2. The van der Waals surface area contributed by atoms with Crippen LogP contribution in [0.2, 0.25) is 0 Å². The molecule has 1 aromatic carbocycles. The van der Waals surface area contributed by atoms with E-state index in [4.69, 9.17) is 10.7 Å². The molecule has 1 aliphatic heterocycles. The number of nitrogens with zero attached hydrogens (tertiary/aromatic N) is 5. The first-order valence-corrected chi connectivity index (χ1v) is 12.7. The summed E-state index contributed by atoms with van der Waals surface area (Å²) in [6.07, 6.45) is 8.87. The normalized spacial score (nSPS) is 14.7. The third kappa shape index (κ3) is 4.12. The largest absolute Gasteiger partial charge is 0.382 e. The van der Waals surface area contributed by atoms with Crippen molar-refractivity contribution in [3.05, 3.63) is 73.1 Å². The molecular weight excluding hydrogens is 458 g/mol. The van der Waals surface area contributed by atoms with Gasteiger partial charge < -0.3 is 15.6 Å². The Bertz CT molecular complexity index is 1470. The van der Waals surface area contributed by atoms with Gasteiger partial charge in [0.05, 0.1) is 11.4 Å². The second kappa shape index (κ2) is 9.07. The van der Waals surface area contributed by atoms with E-state index < -0.39 is 0 Å². The minimum atomic E-state index is 0.172. The van der Waals surface area contributed by atoms with Crippen LogP contribution in [0.25, 0.3) is 27.8 Å². The molecule has 35 heavy (non-hydrogen) atoms. The van der Waals surface area contributed by atoms with Crippen LogP contribution in [0.3, 0.4) is 0 Å². The number of carbonyl (C=O) groups is 1. The number of benzene rings is 1. The summed E-state index contributed by atoms with van der Waals surface area (Å²) in [4.78, 5) is 32.7. The summed E-state index contributed by atoms with van der Waals surface area (Å²) in [6.45, 7) is 1.44. The summed E-state index contributed by atoms with van der Waals surface area (Å²) < 4.78 is 2.07. The highest BCUT2D eigenvalue weighted by Crippen LogP contribution is 2.35. The lowest BCUT2D eigenvalue weighted by atomic mass is 9.96. The second-order valence-electron chi connectivity index (χ2n) is 8.75. The maximum absolute atomic E-state index is 12.8. The monoisotopic (exact) mass is 483 g/mol. The lowest BCUT2D eigenvalue weighted by molar-refractivity contribution is -0.129. The molecule has 0 aliphatic carbocycles. The van der Waals surface area contributed by atoms with Gasteiger partial charge >= 0.3 is 0 Å². The summed E-state index contributed by atoms with van der Waals surface area (Å²) in [5.41, 5.74) is 9.95. The van der Waals surface area contributed by atoms with E-state index >= 15 is 0 Å². The number of aromatic amines is 1. The third-order valence-electron chi connectivity index (χ3n) is 6.62. The zero-order valence-electron chi connectivity index (χ0n) is 19.1. The molecule has 0 saturated carbocycles. The van der Waals surface area contributed by atoms with Crippen LogP contribution in [0.4, 0.5) is 5.82 Å². The summed E-state index contributed by atoms with van der Waals surface area (Å²) in [6, 6.07) is 14.1. The Morgan fingerprint density at radius 3 is 2.71 bits per heavy atom. The van der Waals surface area contributed by atoms with Crippen LogP contribution in [0, 0.1) is 0 Å². The number of hydrogen-bond donors (Lipinski definition) is 2. The molecule has 1 amide bonds. The van der Waals surface area contributed by atoms with Gasteiger partial charge in [-0.1, -0.05) is 18.2 Å². The molecule has 1 saturated heterocycles. The van der Waals surface area contributed by atoms with Crippen molar-refractivity contribution in [2.45, 2.75) is 23.7 Å². The molecule has 0 bridgehead atoms. The van der Waals surface area contributed by atoms with Crippen LogP contribution in [-0.2, 0) is 4.79 Å². The zero-order chi connectivity index (χ0) is 23.8. The zero-order valence-corrected chi connectivity index (χ0v) is 19.9. The Labute approximate surface area is 206 Å². The molecular formula is C26H25N7OS. The first kappa shape index (κ1) is 21.7. The van der Waals surface area contributed by atoms with Gasteiger partial charge in [0.1, 0.15) is 22.9 Å². The molecule has 6 rings (SSSR count). The number of thioether (sulfide) groups is 1. The number of anilines is 1. The van der Waals surface area contributed by atoms with Crippen LogP contribution >= 0.6 is 11.8 Å². The number of nitrogens with two attached hydrogens (primary N) is 1. The van der Waals surface area contributed by atoms with Crippen molar-refractivity contribution in [1.82, 2.24) is 29.2 Å². The van der Waals surface area contributed by atoms with E-state index in [0.29, 0.717) is 11.6 Å². The lowest BCUT2D eigenvalue weighted by Gasteiger charge is -2.31.